The Morgan fingerprint density at radius 2 is 2.10 bits per heavy atom. The fraction of sp³-hybridized carbons (Fsp3) is 0.562. The van der Waals surface area contributed by atoms with Crippen LogP contribution in [0.3, 0.4) is 0 Å². The van der Waals surface area contributed by atoms with Gasteiger partial charge in [-0.2, -0.15) is 0 Å². The summed E-state index contributed by atoms with van der Waals surface area (Å²) in [5.74, 6) is 1.04. The molecule has 0 aliphatic carbocycles. The van der Waals surface area contributed by atoms with E-state index >= 15 is 0 Å². The zero-order chi connectivity index (χ0) is 15.1. The fourth-order valence-electron chi connectivity index (χ4n) is 1.90. The maximum atomic E-state index is 11.4. The molecule has 0 aliphatic rings. The van der Waals surface area contributed by atoms with Crippen LogP contribution in [0.25, 0.3) is 0 Å². The third-order valence-electron chi connectivity index (χ3n) is 3.42. The minimum Gasteiger partial charge on any atom is -0.493 e. The smallest absolute Gasteiger partial charge is 0.222 e. The van der Waals surface area contributed by atoms with Gasteiger partial charge >= 0.3 is 0 Å². The van der Waals surface area contributed by atoms with Gasteiger partial charge in [-0.3, -0.25) is 4.79 Å². The number of hydrogen-bond donors (Lipinski definition) is 1. The number of nitrogens with zero attached hydrogens (tertiary/aromatic N) is 1. The van der Waals surface area contributed by atoms with Crippen molar-refractivity contribution >= 4 is 5.91 Å². The van der Waals surface area contributed by atoms with Gasteiger partial charge in [-0.05, 0) is 44.5 Å². The summed E-state index contributed by atoms with van der Waals surface area (Å²) in [4.78, 5) is 13.0. The van der Waals surface area contributed by atoms with Gasteiger partial charge in [0.2, 0.25) is 5.91 Å². The van der Waals surface area contributed by atoms with E-state index in [4.69, 9.17) is 4.74 Å². The van der Waals surface area contributed by atoms with E-state index in [2.05, 4.69) is 24.4 Å². The molecule has 1 aromatic rings. The highest BCUT2D eigenvalue weighted by Crippen LogP contribution is 2.22. The summed E-state index contributed by atoms with van der Waals surface area (Å²) in [5.41, 5.74) is 2.38. The van der Waals surface area contributed by atoms with Crippen LogP contribution >= 0.6 is 0 Å². The molecule has 0 heterocycles. The predicted molar refractivity (Wildman–Crippen MR) is 82.1 cm³/mol. The second-order valence-electron chi connectivity index (χ2n) is 5.28. The van der Waals surface area contributed by atoms with Gasteiger partial charge in [-0.15, -0.1) is 0 Å². The van der Waals surface area contributed by atoms with E-state index in [9.17, 15) is 4.79 Å². The van der Waals surface area contributed by atoms with Crippen LogP contribution in [0.1, 0.15) is 36.9 Å². The number of carbonyl (C=O) groups excluding carboxylic acids is 1. The Hall–Kier alpha value is -1.55. The molecule has 0 saturated heterocycles. The summed E-state index contributed by atoms with van der Waals surface area (Å²) in [7, 11) is 5.50. The zero-order valence-corrected chi connectivity index (χ0v) is 13.2. The van der Waals surface area contributed by atoms with Crippen molar-refractivity contribution in [1.29, 1.82) is 0 Å². The molecule has 0 aromatic heterocycles. The molecule has 112 valence electrons. The topological polar surface area (TPSA) is 41.6 Å². The number of amides is 1. The van der Waals surface area contributed by atoms with Crippen LogP contribution in [-0.2, 0) is 4.79 Å². The number of ether oxygens (including phenoxy) is 1. The van der Waals surface area contributed by atoms with E-state index < -0.39 is 0 Å². The van der Waals surface area contributed by atoms with Crippen molar-refractivity contribution in [2.75, 3.05) is 27.7 Å². The summed E-state index contributed by atoms with van der Waals surface area (Å²) in [5, 5.41) is 3.22. The lowest BCUT2D eigenvalue weighted by Gasteiger charge is -2.15. The van der Waals surface area contributed by atoms with Crippen molar-refractivity contribution in [3.05, 3.63) is 29.3 Å². The van der Waals surface area contributed by atoms with Crippen molar-refractivity contribution in [2.45, 2.75) is 32.7 Å². The lowest BCUT2D eigenvalue weighted by molar-refractivity contribution is -0.128. The Morgan fingerprint density at radius 3 is 2.65 bits per heavy atom. The number of benzene rings is 1. The minimum absolute atomic E-state index is 0.142. The maximum absolute atomic E-state index is 11.4. The van der Waals surface area contributed by atoms with Crippen LogP contribution in [0, 0.1) is 6.92 Å². The van der Waals surface area contributed by atoms with Gasteiger partial charge in [-0.1, -0.05) is 12.1 Å². The van der Waals surface area contributed by atoms with Crippen molar-refractivity contribution in [1.82, 2.24) is 10.2 Å². The number of nitrogens with one attached hydrogen (secondary N) is 1. The standard InChI is InChI=1S/C16H26N2O2/c1-12-11-14(13(2)17-3)8-9-15(12)20-10-6-7-16(19)18(4)5/h8-9,11,13,17H,6-7,10H2,1-5H3. The lowest BCUT2D eigenvalue weighted by atomic mass is 10.1. The molecular weight excluding hydrogens is 252 g/mol. The molecule has 0 fully saturated rings. The Morgan fingerprint density at radius 1 is 1.40 bits per heavy atom. The van der Waals surface area contributed by atoms with Gasteiger partial charge in [0, 0.05) is 26.6 Å². The summed E-state index contributed by atoms with van der Waals surface area (Å²) in [6.45, 7) is 4.75. The molecule has 0 aliphatic heterocycles. The molecular formula is C16H26N2O2. The highest BCUT2D eigenvalue weighted by atomic mass is 16.5. The number of carbonyl (C=O) groups is 1. The Labute approximate surface area is 122 Å². The highest BCUT2D eigenvalue weighted by molar-refractivity contribution is 5.75. The molecule has 4 heteroatoms. The van der Waals surface area contributed by atoms with Crippen molar-refractivity contribution in [3.8, 4) is 5.75 Å². The predicted octanol–water partition coefficient (Wildman–Crippen LogP) is 2.52. The average molecular weight is 278 g/mol. The molecule has 0 spiro atoms. The molecule has 1 atom stereocenters. The van der Waals surface area contributed by atoms with Gasteiger partial charge in [0.25, 0.3) is 0 Å². The Bertz CT molecular complexity index is 444. The van der Waals surface area contributed by atoms with Crippen molar-refractivity contribution in [3.63, 3.8) is 0 Å². The normalized spacial score (nSPS) is 12.1. The van der Waals surface area contributed by atoms with Crippen LogP contribution in [0.2, 0.25) is 0 Å². The molecule has 4 nitrogen and oxygen atoms in total. The summed E-state index contributed by atoms with van der Waals surface area (Å²) < 4.78 is 5.74. The Balaban J connectivity index is 2.47. The average Bonchev–Trinajstić information content (AvgIpc) is 2.43. The van der Waals surface area contributed by atoms with Crippen LogP contribution < -0.4 is 10.1 Å². The molecule has 1 amide bonds. The van der Waals surface area contributed by atoms with E-state index in [1.54, 1.807) is 19.0 Å². The van der Waals surface area contributed by atoms with Gasteiger partial charge in [0.15, 0.2) is 0 Å². The third kappa shape index (κ3) is 4.85. The second-order valence-corrected chi connectivity index (χ2v) is 5.28. The lowest BCUT2D eigenvalue weighted by Crippen LogP contribution is -2.21. The largest absolute Gasteiger partial charge is 0.493 e. The molecule has 0 bridgehead atoms. The number of rotatable bonds is 7. The third-order valence-corrected chi connectivity index (χ3v) is 3.42. The summed E-state index contributed by atoms with van der Waals surface area (Å²) >= 11 is 0. The molecule has 0 radical (unpaired) electrons. The van der Waals surface area contributed by atoms with Crippen LogP contribution in [0.15, 0.2) is 18.2 Å². The molecule has 1 rings (SSSR count). The monoisotopic (exact) mass is 278 g/mol. The molecule has 1 N–H and O–H groups in total. The van der Waals surface area contributed by atoms with E-state index in [-0.39, 0.29) is 5.91 Å². The van der Waals surface area contributed by atoms with E-state index in [0.717, 1.165) is 17.7 Å². The fourth-order valence-corrected chi connectivity index (χ4v) is 1.90. The first kappa shape index (κ1) is 16.5. The van der Waals surface area contributed by atoms with Gasteiger partial charge in [-0.25, -0.2) is 0 Å². The molecule has 20 heavy (non-hydrogen) atoms. The first-order chi connectivity index (χ1) is 9.45. The SMILES string of the molecule is CNC(C)c1ccc(OCCCC(=O)N(C)C)c(C)c1. The highest BCUT2D eigenvalue weighted by Gasteiger charge is 2.07. The number of hydrogen-bond acceptors (Lipinski definition) is 3. The quantitative estimate of drug-likeness (QED) is 0.779. The molecule has 0 saturated carbocycles. The second kappa shape index (κ2) is 7.90. The minimum atomic E-state index is 0.142. The molecule has 1 unspecified atom stereocenters. The summed E-state index contributed by atoms with van der Waals surface area (Å²) in [6, 6.07) is 6.56. The number of aryl methyl sites for hydroxylation is 1. The Kier molecular flexibility index (Phi) is 6.52. The molecule has 1 aromatic carbocycles. The van der Waals surface area contributed by atoms with Gasteiger partial charge < -0.3 is 15.0 Å². The first-order valence-corrected chi connectivity index (χ1v) is 7.06. The van der Waals surface area contributed by atoms with Crippen LogP contribution in [-0.4, -0.2) is 38.6 Å². The van der Waals surface area contributed by atoms with Gasteiger partial charge in [0.1, 0.15) is 5.75 Å². The van der Waals surface area contributed by atoms with E-state index in [0.29, 0.717) is 19.1 Å². The maximum Gasteiger partial charge on any atom is 0.222 e. The van der Waals surface area contributed by atoms with Crippen LogP contribution in [0.5, 0.6) is 5.75 Å². The van der Waals surface area contributed by atoms with Crippen molar-refractivity contribution < 1.29 is 9.53 Å². The van der Waals surface area contributed by atoms with Crippen molar-refractivity contribution in [2.24, 2.45) is 0 Å². The van der Waals surface area contributed by atoms with E-state index in [1.165, 1.54) is 5.56 Å². The summed E-state index contributed by atoms with van der Waals surface area (Å²) in [6.07, 6.45) is 1.27. The van der Waals surface area contributed by atoms with E-state index in [1.807, 2.05) is 20.0 Å². The van der Waals surface area contributed by atoms with Crippen LogP contribution in [0.4, 0.5) is 0 Å². The zero-order valence-electron chi connectivity index (χ0n) is 13.2. The van der Waals surface area contributed by atoms with Gasteiger partial charge in [0.05, 0.1) is 6.61 Å². The first-order valence-electron chi connectivity index (χ1n) is 7.06.